The lowest BCUT2D eigenvalue weighted by molar-refractivity contribution is -0.719. The van der Waals surface area contributed by atoms with E-state index in [4.69, 9.17) is 15.0 Å². The van der Waals surface area contributed by atoms with Crippen LogP contribution in [0, 0.1) is 0 Å². The third-order valence-electron chi connectivity index (χ3n) is 4.06. The summed E-state index contributed by atoms with van der Waals surface area (Å²) >= 11 is 0. The molecule has 150 valence electrons. The van der Waals surface area contributed by atoms with E-state index in [0.29, 0.717) is 18.5 Å². The van der Waals surface area contributed by atoms with Crippen LogP contribution in [-0.2, 0) is 13.8 Å². The lowest BCUT2D eigenvalue weighted by Gasteiger charge is -2.28. The van der Waals surface area contributed by atoms with Gasteiger partial charge in [0.1, 0.15) is 11.2 Å². The molecule has 0 aromatic carbocycles. The molecule has 27 heavy (non-hydrogen) atoms. The SMILES string of the molecule is CC(C)(C)OC(=O)N1CC([n+]2cccc(C(N)=O)c2)C[C@H]1COP(C)(=O)O. The van der Waals surface area contributed by atoms with Crippen molar-refractivity contribution in [3.05, 3.63) is 30.1 Å². The standard InChI is InChI=1S/C17H26N3O6P/c1-17(2,3)26-16(22)20-10-13(8-14(20)11-25-27(4,23)24)19-7-5-6-12(9-19)15(18)21/h5-7,9,13-14H,8,10-11H2,1-4H3,(H2-,18,21,23,24)/p+1/t13?,14-/m0/s1. The highest BCUT2D eigenvalue weighted by molar-refractivity contribution is 7.51. The normalized spacial score (nSPS) is 22.3. The first-order valence-corrected chi connectivity index (χ1v) is 10.6. The van der Waals surface area contributed by atoms with E-state index >= 15 is 0 Å². The average Bonchev–Trinajstić information content (AvgIpc) is 2.95. The molecule has 2 rings (SSSR count). The fourth-order valence-corrected chi connectivity index (χ4v) is 3.35. The third kappa shape index (κ3) is 6.30. The van der Waals surface area contributed by atoms with Gasteiger partial charge in [-0.05, 0) is 26.8 Å². The molecule has 3 N–H and O–H groups in total. The van der Waals surface area contributed by atoms with Gasteiger partial charge in [0.05, 0.1) is 19.2 Å². The Morgan fingerprint density at radius 1 is 1.44 bits per heavy atom. The van der Waals surface area contributed by atoms with E-state index in [1.807, 2.05) is 4.57 Å². The Bertz CT molecular complexity index is 757. The molecule has 9 nitrogen and oxygen atoms in total. The number of primary amides is 1. The molecule has 1 aromatic rings. The van der Waals surface area contributed by atoms with Gasteiger partial charge in [0, 0.05) is 19.2 Å². The zero-order chi connectivity index (χ0) is 20.4. The number of rotatable bonds is 5. The molecule has 0 bridgehead atoms. The summed E-state index contributed by atoms with van der Waals surface area (Å²) in [5, 5.41) is 0. The number of carbonyl (C=O) groups excluding carboxylic acids is 2. The van der Waals surface area contributed by atoms with Gasteiger partial charge in [0.2, 0.25) is 0 Å². The highest BCUT2D eigenvalue weighted by Gasteiger charge is 2.42. The van der Waals surface area contributed by atoms with Crippen molar-refractivity contribution < 1.29 is 32.9 Å². The Balaban J connectivity index is 2.22. The van der Waals surface area contributed by atoms with Gasteiger partial charge >= 0.3 is 13.7 Å². The maximum Gasteiger partial charge on any atom is 0.410 e. The van der Waals surface area contributed by atoms with Gasteiger partial charge in [0.25, 0.3) is 5.91 Å². The summed E-state index contributed by atoms with van der Waals surface area (Å²) in [6.45, 7) is 6.63. The van der Waals surface area contributed by atoms with Gasteiger partial charge in [0.15, 0.2) is 18.4 Å². The minimum Gasteiger partial charge on any atom is -0.444 e. The Labute approximate surface area is 158 Å². The topological polar surface area (TPSA) is 123 Å². The second-order valence-corrected chi connectivity index (χ2v) is 9.54. The fourth-order valence-electron chi connectivity index (χ4n) is 2.90. The van der Waals surface area contributed by atoms with Gasteiger partial charge in [-0.15, -0.1) is 0 Å². The molecule has 1 aromatic heterocycles. The van der Waals surface area contributed by atoms with Crippen LogP contribution in [0.1, 0.15) is 43.6 Å². The van der Waals surface area contributed by atoms with Gasteiger partial charge in [-0.2, -0.15) is 4.57 Å². The number of hydrogen-bond donors (Lipinski definition) is 2. The minimum absolute atomic E-state index is 0.0872. The molecule has 1 saturated heterocycles. The Hall–Kier alpha value is -1.96. The summed E-state index contributed by atoms with van der Waals surface area (Å²) < 4.78 is 23.8. The molecule has 1 aliphatic rings. The molecular weight excluding hydrogens is 373 g/mol. The monoisotopic (exact) mass is 400 g/mol. The van der Waals surface area contributed by atoms with E-state index in [9.17, 15) is 19.0 Å². The van der Waals surface area contributed by atoms with E-state index in [1.165, 1.54) is 4.90 Å². The van der Waals surface area contributed by atoms with Gasteiger partial charge in [-0.25, -0.2) is 4.79 Å². The first kappa shape index (κ1) is 21.3. The predicted molar refractivity (Wildman–Crippen MR) is 97.2 cm³/mol. The second-order valence-electron chi connectivity index (χ2n) is 7.68. The van der Waals surface area contributed by atoms with Crippen LogP contribution in [0.2, 0.25) is 0 Å². The van der Waals surface area contributed by atoms with E-state index in [1.54, 1.807) is 45.3 Å². The van der Waals surface area contributed by atoms with Crippen molar-refractivity contribution in [1.29, 1.82) is 0 Å². The van der Waals surface area contributed by atoms with Gasteiger partial charge in [-0.3, -0.25) is 14.3 Å². The zero-order valence-electron chi connectivity index (χ0n) is 16.0. The molecule has 0 radical (unpaired) electrons. The van der Waals surface area contributed by atoms with E-state index in [2.05, 4.69) is 0 Å². The molecule has 0 spiro atoms. The van der Waals surface area contributed by atoms with Crippen LogP contribution in [0.15, 0.2) is 24.5 Å². The Morgan fingerprint density at radius 2 is 2.11 bits per heavy atom. The molecule has 1 fully saturated rings. The molecule has 10 heteroatoms. The minimum atomic E-state index is -3.68. The second kappa shape index (κ2) is 7.96. The summed E-state index contributed by atoms with van der Waals surface area (Å²) in [6.07, 6.45) is 3.37. The van der Waals surface area contributed by atoms with Crippen LogP contribution in [-0.4, -0.2) is 53.3 Å². The van der Waals surface area contributed by atoms with Crippen LogP contribution >= 0.6 is 7.60 Å². The van der Waals surface area contributed by atoms with E-state index < -0.39 is 31.2 Å². The number of aromatic nitrogens is 1. The quantitative estimate of drug-likeness (QED) is 0.570. The summed E-state index contributed by atoms with van der Waals surface area (Å²) in [5.74, 6) is -0.543. The largest absolute Gasteiger partial charge is 0.444 e. The van der Waals surface area contributed by atoms with Crippen LogP contribution < -0.4 is 10.3 Å². The van der Waals surface area contributed by atoms with E-state index in [-0.39, 0.29) is 12.6 Å². The maximum atomic E-state index is 12.6. The molecular formula is C17H27N3O6P+. The van der Waals surface area contributed by atoms with Crippen molar-refractivity contribution in [1.82, 2.24) is 4.90 Å². The first-order valence-electron chi connectivity index (χ1n) is 8.61. The van der Waals surface area contributed by atoms with Crippen molar-refractivity contribution in [2.45, 2.75) is 44.9 Å². The molecule has 3 atom stereocenters. The molecule has 1 aliphatic heterocycles. The lowest BCUT2D eigenvalue weighted by atomic mass is 10.1. The van der Waals surface area contributed by atoms with Crippen molar-refractivity contribution in [2.24, 2.45) is 5.73 Å². The molecule has 0 aliphatic carbocycles. The van der Waals surface area contributed by atoms with Crippen LogP contribution in [0.5, 0.6) is 0 Å². The van der Waals surface area contributed by atoms with Gasteiger partial charge < -0.3 is 19.9 Å². The third-order valence-corrected chi connectivity index (χ3v) is 4.68. The van der Waals surface area contributed by atoms with Crippen LogP contribution in [0.4, 0.5) is 4.79 Å². The number of hydrogen-bond acceptors (Lipinski definition) is 5. The number of pyridine rings is 1. The summed E-state index contributed by atoms with van der Waals surface area (Å²) in [7, 11) is -3.68. The van der Waals surface area contributed by atoms with Crippen molar-refractivity contribution in [3.8, 4) is 0 Å². The number of nitrogens with two attached hydrogens (primary N) is 1. The molecule has 2 amide bonds. The van der Waals surface area contributed by atoms with Crippen LogP contribution in [0.25, 0.3) is 0 Å². The first-order chi connectivity index (χ1) is 12.4. The predicted octanol–water partition coefficient (Wildman–Crippen LogP) is 1.46. The lowest BCUT2D eigenvalue weighted by Crippen LogP contribution is -2.44. The number of ether oxygens (including phenoxy) is 1. The highest BCUT2D eigenvalue weighted by atomic mass is 31.2. The average molecular weight is 400 g/mol. The number of carbonyl (C=O) groups is 2. The molecule has 2 heterocycles. The Morgan fingerprint density at radius 3 is 2.67 bits per heavy atom. The fraction of sp³-hybridized carbons (Fsp3) is 0.588. The Kier molecular flexibility index (Phi) is 6.29. The van der Waals surface area contributed by atoms with Crippen molar-refractivity contribution >= 4 is 19.6 Å². The molecule has 2 unspecified atom stereocenters. The van der Waals surface area contributed by atoms with E-state index in [0.717, 1.165) is 6.66 Å². The number of amides is 2. The van der Waals surface area contributed by atoms with Crippen molar-refractivity contribution in [3.63, 3.8) is 0 Å². The highest BCUT2D eigenvalue weighted by Crippen LogP contribution is 2.38. The molecule has 0 saturated carbocycles. The zero-order valence-corrected chi connectivity index (χ0v) is 16.9. The van der Waals surface area contributed by atoms with Crippen molar-refractivity contribution in [2.75, 3.05) is 19.8 Å². The maximum absolute atomic E-state index is 12.6. The summed E-state index contributed by atoms with van der Waals surface area (Å²) in [4.78, 5) is 34.9. The van der Waals surface area contributed by atoms with Gasteiger partial charge in [-0.1, -0.05) is 0 Å². The van der Waals surface area contributed by atoms with Crippen LogP contribution in [0.3, 0.4) is 0 Å². The summed E-state index contributed by atoms with van der Waals surface area (Å²) in [5.41, 5.74) is 5.02. The number of nitrogens with zero attached hydrogens (tertiary/aromatic N) is 2. The summed E-state index contributed by atoms with van der Waals surface area (Å²) in [6, 6.07) is 2.73. The number of likely N-dealkylation sites (tertiary alicyclic amines) is 1. The smallest absolute Gasteiger partial charge is 0.410 e.